The molecule has 1 aliphatic rings. The van der Waals surface area contributed by atoms with Crippen LogP contribution in [0.3, 0.4) is 0 Å². The lowest BCUT2D eigenvalue weighted by molar-refractivity contribution is -0.0511. The van der Waals surface area contributed by atoms with Crippen molar-refractivity contribution in [2.75, 3.05) is 11.9 Å². The summed E-state index contributed by atoms with van der Waals surface area (Å²) in [6.45, 7) is -0.456. The molecule has 1 fully saturated rings. The summed E-state index contributed by atoms with van der Waals surface area (Å²) < 4.78 is 38.2. The van der Waals surface area contributed by atoms with Crippen LogP contribution in [-0.2, 0) is 14.9 Å². The number of nitrogens with zero attached hydrogens (tertiary/aromatic N) is 4. The van der Waals surface area contributed by atoms with Crippen molar-refractivity contribution >= 4 is 32.8 Å². The third-order valence-electron chi connectivity index (χ3n) is 4.56. The fraction of sp³-hybridized carbons (Fsp3) is 0.312. The van der Waals surface area contributed by atoms with Crippen molar-refractivity contribution in [3.63, 3.8) is 0 Å². The van der Waals surface area contributed by atoms with Gasteiger partial charge in [0.1, 0.15) is 24.6 Å². The molecule has 0 bridgehead atoms. The third-order valence-corrected chi connectivity index (χ3v) is 5.43. The number of aromatic nitrogens is 4. The second-order valence-electron chi connectivity index (χ2n) is 6.40. The van der Waals surface area contributed by atoms with Gasteiger partial charge in [0.15, 0.2) is 23.2 Å². The van der Waals surface area contributed by atoms with Crippen LogP contribution in [-0.4, -0.2) is 72.7 Å². The molecule has 0 radical (unpaired) electrons. The minimum Gasteiger partial charge on any atom is -0.394 e. The number of ether oxygens (including phenoxy) is 1. The van der Waals surface area contributed by atoms with Crippen LogP contribution in [0.25, 0.3) is 11.2 Å². The lowest BCUT2D eigenvalue weighted by atomic mass is 10.1. The molecule has 2 unspecified atom stereocenters. The number of benzene rings is 1. The number of anilines is 2. The Labute approximate surface area is 164 Å². The molecule has 0 aliphatic carbocycles. The fourth-order valence-corrected chi connectivity index (χ4v) is 3.57. The number of rotatable bonds is 5. The molecule has 29 heavy (non-hydrogen) atoms. The first-order chi connectivity index (χ1) is 13.8. The molecule has 1 aliphatic heterocycles. The van der Waals surface area contributed by atoms with Crippen LogP contribution in [0, 0.1) is 0 Å². The van der Waals surface area contributed by atoms with Gasteiger partial charge in [0.05, 0.1) is 17.8 Å². The number of imidazole rings is 1. The SMILES string of the molecule is O=S(=O)(O)c1ccc(Nc2ncnc3c2ncn3[C@@H]2O[C@H](CO)C(O)C2O)cc1. The van der Waals surface area contributed by atoms with Crippen LogP contribution in [0.4, 0.5) is 11.5 Å². The van der Waals surface area contributed by atoms with Gasteiger partial charge in [0.2, 0.25) is 0 Å². The maximum Gasteiger partial charge on any atom is 0.294 e. The molecule has 3 heterocycles. The van der Waals surface area contributed by atoms with Crippen LogP contribution in [0.15, 0.2) is 41.8 Å². The smallest absolute Gasteiger partial charge is 0.294 e. The molecular weight excluding hydrogens is 406 g/mol. The Morgan fingerprint density at radius 3 is 2.45 bits per heavy atom. The Bertz CT molecular complexity index is 1130. The Balaban J connectivity index is 1.65. The van der Waals surface area contributed by atoms with Gasteiger partial charge in [-0.05, 0) is 24.3 Å². The van der Waals surface area contributed by atoms with Crippen molar-refractivity contribution in [2.45, 2.75) is 29.4 Å². The summed E-state index contributed by atoms with van der Waals surface area (Å²) in [5.74, 6) is 0.306. The van der Waals surface area contributed by atoms with E-state index in [0.29, 0.717) is 22.7 Å². The van der Waals surface area contributed by atoms with Gasteiger partial charge in [-0.3, -0.25) is 9.12 Å². The predicted molar refractivity (Wildman–Crippen MR) is 97.9 cm³/mol. The zero-order chi connectivity index (χ0) is 20.8. The van der Waals surface area contributed by atoms with E-state index in [1.165, 1.54) is 41.5 Å². The second kappa shape index (κ2) is 7.29. The highest BCUT2D eigenvalue weighted by atomic mass is 32.2. The first kappa shape index (κ1) is 19.6. The normalized spacial score (nSPS) is 24.8. The summed E-state index contributed by atoms with van der Waals surface area (Å²) in [5.41, 5.74) is 1.14. The Hall–Kier alpha value is -2.68. The van der Waals surface area contributed by atoms with Crippen molar-refractivity contribution in [2.24, 2.45) is 0 Å². The van der Waals surface area contributed by atoms with Crippen LogP contribution in [0.2, 0.25) is 0 Å². The largest absolute Gasteiger partial charge is 0.394 e. The van der Waals surface area contributed by atoms with E-state index < -0.39 is 41.3 Å². The maximum absolute atomic E-state index is 11.1. The quantitative estimate of drug-likeness (QED) is 0.332. The van der Waals surface area contributed by atoms with Gasteiger partial charge in [-0.1, -0.05) is 0 Å². The zero-order valence-electron chi connectivity index (χ0n) is 14.7. The number of aliphatic hydroxyl groups excluding tert-OH is 3. The molecule has 13 heteroatoms. The number of hydrogen-bond donors (Lipinski definition) is 5. The number of nitrogens with one attached hydrogen (secondary N) is 1. The van der Waals surface area contributed by atoms with E-state index in [0.717, 1.165) is 0 Å². The average Bonchev–Trinajstić information content (AvgIpc) is 3.24. The first-order valence-corrected chi connectivity index (χ1v) is 9.88. The van der Waals surface area contributed by atoms with Crippen LogP contribution in [0.1, 0.15) is 6.23 Å². The van der Waals surface area contributed by atoms with Gasteiger partial charge in [-0.25, -0.2) is 15.0 Å². The van der Waals surface area contributed by atoms with Crippen LogP contribution >= 0.6 is 0 Å². The molecule has 3 aromatic rings. The van der Waals surface area contributed by atoms with Crippen molar-refractivity contribution in [3.05, 3.63) is 36.9 Å². The summed E-state index contributed by atoms with van der Waals surface area (Å²) in [7, 11) is -4.29. The topological polar surface area (TPSA) is 180 Å². The third kappa shape index (κ3) is 3.55. The molecule has 4 rings (SSSR count). The van der Waals surface area contributed by atoms with E-state index in [9.17, 15) is 23.7 Å². The molecule has 0 spiro atoms. The van der Waals surface area contributed by atoms with Gasteiger partial charge in [-0.2, -0.15) is 8.42 Å². The monoisotopic (exact) mass is 423 g/mol. The number of aliphatic hydroxyl groups is 3. The Morgan fingerprint density at radius 2 is 1.83 bits per heavy atom. The predicted octanol–water partition coefficient (Wildman–Crippen LogP) is -0.572. The van der Waals surface area contributed by atoms with Gasteiger partial charge >= 0.3 is 0 Å². The number of hydrogen-bond acceptors (Lipinski definition) is 10. The Kier molecular flexibility index (Phi) is 4.94. The molecule has 1 aromatic carbocycles. The average molecular weight is 423 g/mol. The van der Waals surface area contributed by atoms with Crippen molar-refractivity contribution < 1.29 is 33.0 Å². The van der Waals surface area contributed by atoms with Gasteiger partial charge in [-0.15, -0.1) is 0 Å². The molecule has 5 N–H and O–H groups in total. The standard InChI is InChI=1S/C16H17N5O7S/c22-5-10-12(23)13(24)16(28-10)21-7-19-11-14(17-6-18-15(11)21)20-8-1-3-9(4-2-8)29(25,26)27/h1-4,6-7,10,12-13,16,22-24H,5H2,(H,17,18,20)(H,25,26,27)/t10-,12?,13?,16-/m1/s1. The summed E-state index contributed by atoms with van der Waals surface area (Å²) in [4.78, 5) is 12.3. The minimum atomic E-state index is -4.29. The van der Waals surface area contributed by atoms with Gasteiger partial charge in [0.25, 0.3) is 10.1 Å². The molecular formula is C16H17N5O7S. The summed E-state index contributed by atoms with van der Waals surface area (Å²) in [5, 5.41) is 32.4. The number of fused-ring (bicyclic) bond motifs is 1. The second-order valence-corrected chi connectivity index (χ2v) is 7.82. The van der Waals surface area contributed by atoms with Gasteiger partial charge < -0.3 is 25.4 Å². The van der Waals surface area contributed by atoms with E-state index in [1.54, 1.807) is 0 Å². The van der Waals surface area contributed by atoms with Crippen molar-refractivity contribution in [1.29, 1.82) is 0 Å². The summed E-state index contributed by atoms with van der Waals surface area (Å²) in [6.07, 6.45) is -1.85. The summed E-state index contributed by atoms with van der Waals surface area (Å²) in [6, 6.07) is 5.35. The van der Waals surface area contributed by atoms with Crippen LogP contribution < -0.4 is 5.32 Å². The molecule has 12 nitrogen and oxygen atoms in total. The molecule has 0 amide bonds. The highest BCUT2D eigenvalue weighted by molar-refractivity contribution is 7.85. The lowest BCUT2D eigenvalue weighted by Gasteiger charge is -2.16. The Morgan fingerprint density at radius 1 is 1.10 bits per heavy atom. The van der Waals surface area contributed by atoms with Crippen molar-refractivity contribution in [1.82, 2.24) is 19.5 Å². The van der Waals surface area contributed by atoms with Gasteiger partial charge in [0, 0.05) is 5.69 Å². The molecule has 0 saturated carbocycles. The van der Waals surface area contributed by atoms with Crippen LogP contribution in [0.5, 0.6) is 0 Å². The molecule has 2 aromatic heterocycles. The first-order valence-electron chi connectivity index (χ1n) is 8.44. The van der Waals surface area contributed by atoms with Crippen molar-refractivity contribution in [3.8, 4) is 0 Å². The maximum atomic E-state index is 11.1. The molecule has 154 valence electrons. The fourth-order valence-electron chi connectivity index (χ4n) is 3.09. The molecule has 4 atom stereocenters. The van der Waals surface area contributed by atoms with E-state index >= 15 is 0 Å². The summed E-state index contributed by atoms with van der Waals surface area (Å²) >= 11 is 0. The highest BCUT2D eigenvalue weighted by Gasteiger charge is 2.44. The lowest BCUT2D eigenvalue weighted by Crippen LogP contribution is -2.33. The van der Waals surface area contributed by atoms with E-state index in [2.05, 4.69) is 20.3 Å². The highest BCUT2D eigenvalue weighted by Crippen LogP contribution is 2.32. The zero-order valence-corrected chi connectivity index (χ0v) is 15.5. The minimum absolute atomic E-state index is 0.246. The molecule has 1 saturated heterocycles. The van der Waals surface area contributed by atoms with E-state index in [1.807, 2.05) is 0 Å². The van der Waals surface area contributed by atoms with E-state index in [4.69, 9.17) is 9.29 Å². The van der Waals surface area contributed by atoms with E-state index in [-0.39, 0.29) is 4.90 Å².